The van der Waals surface area contributed by atoms with Crippen LogP contribution in [0.25, 0.3) is 0 Å². The standard InChI is InChI=1S/C33H29ClO2P/c1-35-31-22-21-27(24-32(31)36-25-26-13-5-2-6-14-26)23-28-15-11-12-20-33(28)37(34,29-16-7-3-8-17-29)30-18-9-4-10-19-30/h2-22,24H,23,25H2,1H3/q+1. The Hall–Kier alpha value is -3.58. The van der Waals surface area contributed by atoms with E-state index in [1.165, 1.54) is 10.9 Å². The smallest absolute Gasteiger partial charge is 0.210 e. The van der Waals surface area contributed by atoms with Crippen LogP contribution >= 0.6 is 17.9 Å². The van der Waals surface area contributed by atoms with Crippen molar-refractivity contribution in [3.05, 3.63) is 150 Å². The van der Waals surface area contributed by atoms with E-state index >= 15 is 0 Å². The summed E-state index contributed by atoms with van der Waals surface area (Å²) in [7, 11) is 1.67. The fourth-order valence-corrected chi connectivity index (χ4v) is 8.59. The predicted octanol–water partition coefficient (Wildman–Crippen LogP) is 7.31. The molecule has 0 aliphatic rings. The summed E-state index contributed by atoms with van der Waals surface area (Å²) in [6.07, 6.45) is 0.732. The maximum atomic E-state index is 7.75. The lowest BCUT2D eigenvalue weighted by atomic mass is 10.0. The van der Waals surface area contributed by atoms with Crippen LogP contribution in [0.2, 0.25) is 0 Å². The lowest BCUT2D eigenvalue weighted by Crippen LogP contribution is -2.29. The molecule has 0 heterocycles. The van der Waals surface area contributed by atoms with Crippen LogP contribution in [0.5, 0.6) is 11.5 Å². The molecule has 0 unspecified atom stereocenters. The Bertz CT molecular complexity index is 1400. The summed E-state index contributed by atoms with van der Waals surface area (Å²) in [5.74, 6) is 1.46. The molecule has 2 nitrogen and oxygen atoms in total. The van der Waals surface area contributed by atoms with E-state index in [1.54, 1.807) is 7.11 Å². The first-order chi connectivity index (χ1) is 18.2. The first kappa shape index (κ1) is 25.1. The summed E-state index contributed by atoms with van der Waals surface area (Å²) in [6.45, 7) is -1.88. The number of halogens is 1. The SMILES string of the molecule is COc1ccc(Cc2ccccc2[P+](Cl)(c2ccccc2)c2ccccc2)cc1OCc1ccccc1. The summed E-state index contributed by atoms with van der Waals surface area (Å²) in [4.78, 5) is 0. The number of hydrogen-bond acceptors (Lipinski definition) is 2. The second-order valence-electron chi connectivity index (χ2n) is 8.83. The molecule has 0 aliphatic heterocycles. The third-order valence-electron chi connectivity index (χ3n) is 6.41. The minimum absolute atomic E-state index is 0.482. The zero-order chi connectivity index (χ0) is 25.5. The van der Waals surface area contributed by atoms with E-state index < -0.39 is 6.62 Å². The number of benzene rings is 5. The minimum atomic E-state index is -2.36. The van der Waals surface area contributed by atoms with Gasteiger partial charge in [-0.05, 0) is 53.6 Å². The highest BCUT2D eigenvalue weighted by molar-refractivity contribution is 8.15. The minimum Gasteiger partial charge on any atom is -0.493 e. The number of methoxy groups -OCH3 is 1. The van der Waals surface area contributed by atoms with E-state index in [4.69, 9.17) is 20.7 Å². The van der Waals surface area contributed by atoms with Crippen LogP contribution < -0.4 is 25.4 Å². The van der Waals surface area contributed by atoms with E-state index in [1.807, 2.05) is 36.4 Å². The van der Waals surface area contributed by atoms with Gasteiger partial charge in [0.05, 0.1) is 7.11 Å². The van der Waals surface area contributed by atoms with Gasteiger partial charge in [0.2, 0.25) is 6.62 Å². The summed E-state index contributed by atoms with van der Waals surface area (Å²) in [5.41, 5.74) is 3.46. The van der Waals surface area contributed by atoms with Crippen LogP contribution in [0.15, 0.2) is 133 Å². The third kappa shape index (κ3) is 5.57. The maximum absolute atomic E-state index is 7.75. The van der Waals surface area contributed by atoms with E-state index in [-0.39, 0.29) is 0 Å². The average Bonchev–Trinajstić information content (AvgIpc) is 2.97. The van der Waals surface area contributed by atoms with Crippen LogP contribution in [0.1, 0.15) is 16.7 Å². The first-order valence-corrected chi connectivity index (χ1v) is 15.0. The van der Waals surface area contributed by atoms with Crippen molar-refractivity contribution in [3.63, 3.8) is 0 Å². The third-order valence-corrected chi connectivity index (χ3v) is 11.2. The molecule has 184 valence electrons. The Balaban J connectivity index is 1.52. The second kappa shape index (κ2) is 11.6. The monoisotopic (exact) mass is 523 g/mol. The fraction of sp³-hybridized carbons (Fsp3) is 0.0909. The summed E-state index contributed by atoms with van der Waals surface area (Å²) >= 11 is 7.75. The molecule has 5 rings (SSSR count). The van der Waals surface area contributed by atoms with Crippen LogP contribution in [0.4, 0.5) is 0 Å². The molecule has 0 radical (unpaired) electrons. The van der Waals surface area contributed by atoms with E-state index in [0.29, 0.717) is 6.61 Å². The predicted molar refractivity (Wildman–Crippen MR) is 158 cm³/mol. The van der Waals surface area contributed by atoms with Crippen molar-refractivity contribution < 1.29 is 9.47 Å². The molecular formula is C33H29ClO2P+. The summed E-state index contributed by atoms with van der Waals surface area (Å²) in [5, 5.41) is 3.48. The van der Waals surface area contributed by atoms with Gasteiger partial charge in [-0.1, -0.05) is 91.0 Å². The molecule has 4 heteroatoms. The molecule has 37 heavy (non-hydrogen) atoms. The average molecular weight is 524 g/mol. The van der Waals surface area contributed by atoms with Gasteiger partial charge in [-0.2, -0.15) is 0 Å². The zero-order valence-electron chi connectivity index (χ0n) is 20.8. The Morgan fingerprint density at radius 3 is 1.78 bits per heavy atom. The molecular weight excluding hydrogens is 495 g/mol. The normalized spacial score (nSPS) is 11.2. The van der Waals surface area contributed by atoms with Gasteiger partial charge in [-0.25, -0.2) is 0 Å². The molecule has 0 aliphatic carbocycles. The van der Waals surface area contributed by atoms with Crippen LogP contribution in [0.3, 0.4) is 0 Å². The van der Waals surface area contributed by atoms with Gasteiger partial charge in [0, 0.05) is 12.0 Å². The highest BCUT2D eigenvalue weighted by Crippen LogP contribution is 2.61. The van der Waals surface area contributed by atoms with Gasteiger partial charge >= 0.3 is 0 Å². The topological polar surface area (TPSA) is 18.5 Å². The Labute approximate surface area is 224 Å². The molecule has 5 aromatic rings. The summed E-state index contributed by atoms with van der Waals surface area (Å²) in [6, 6.07) is 45.8. The van der Waals surface area contributed by atoms with Gasteiger partial charge in [-0.3, -0.25) is 0 Å². The van der Waals surface area contributed by atoms with Crippen molar-refractivity contribution in [2.75, 3.05) is 7.11 Å². The van der Waals surface area contributed by atoms with Gasteiger partial charge in [-0.15, -0.1) is 0 Å². The van der Waals surface area contributed by atoms with Crippen molar-refractivity contribution in [1.82, 2.24) is 0 Å². The molecule has 0 aromatic heterocycles. The second-order valence-corrected chi connectivity index (χ2v) is 13.0. The molecule has 0 spiro atoms. The fourth-order valence-electron chi connectivity index (χ4n) is 4.55. The highest BCUT2D eigenvalue weighted by atomic mass is 35.7. The quantitative estimate of drug-likeness (QED) is 0.189. The highest BCUT2D eigenvalue weighted by Gasteiger charge is 2.46. The Kier molecular flexibility index (Phi) is 7.90. The number of rotatable bonds is 9. The largest absolute Gasteiger partial charge is 0.493 e. The van der Waals surface area contributed by atoms with Crippen LogP contribution in [-0.4, -0.2) is 7.11 Å². The van der Waals surface area contributed by atoms with Crippen molar-refractivity contribution in [1.29, 1.82) is 0 Å². The van der Waals surface area contributed by atoms with Crippen molar-refractivity contribution in [2.24, 2.45) is 0 Å². The Morgan fingerprint density at radius 2 is 1.16 bits per heavy atom. The molecule has 0 saturated carbocycles. The van der Waals surface area contributed by atoms with Gasteiger partial charge in [0.25, 0.3) is 0 Å². The molecule has 0 bridgehead atoms. The number of ether oxygens (including phenoxy) is 2. The van der Waals surface area contributed by atoms with Crippen LogP contribution in [-0.2, 0) is 13.0 Å². The maximum Gasteiger partial charge on any atom is 0.210 e. The Morgan fingerprint density at radius 1 is 0.595 bits per heavy atom. The van der Waals surface area contributed by atoms with E-state index in [9.17, 15) is 0 Å². The first-order valence-electron chi connectivity index (χ1n) is 12.3. The molecule has 0 fully saturated rings. The van der Waals surface area contributed by atoms with Crippen molar-refractivity contribution in [2.45, 2.75) is 13.0 Å². The molecule has 0 amide bonds. The van der Waals surface area contributed by atoms with Crippen LogP contribution in [0, 0.1) is 0 Å². The number of hydrogen-bond donors (Lipinski definition) is 0. The lowest BCUT2D eigenvalue weighted by molar-refractivity contribution is 0.284. The molecule has 0 saturated heterocycles. The van der Waals surface area contributed by atoms with Gasteiger partial charge < -0.3 is 9.47 Å². The van der Waals surface area contributed by atoms with E-state index in [2.05, 4.69) is 97.1 Å². The van der Waals surface area contributed by atoms with Gasteiger partial charge in [0.15, 0.2) is 11.5 Å². The molecule has 0 N–H and O–H groups in total. The van der Waals surface area contributed by atoms with Gasteiger partial charge in [0.1, 0.15) is 33.8 Å². The molecule has 5 aromatic carbocycles. The molecule has 0 atom stereocenters. The lowest BCUT2D eigenvalue weighted by Gasteiger charge is -2.22. The van der Waals surface area contributed by atoms with Crippen molar-refractivity contribution in [3.8, 4) is 11.5 Å². The van der Waals surface area contributed by atoms with Crippen molar-refractivity contribution >= 4 is 33.8 Å². The summed E-state index contributed by atoms with van der Waals surface area (Å²) < 4.78 is 11.8. The zero-order valence-corrected chi connectivity index (χ0v) is 22.4. The van der Waals surface area contributed by atoms with E-state index in [0.717, 1.165) is 39.7 Å².